The highest BCUT2D eigenvalue weighted by atomic mass is 32.1. The van der Waals surface area contributed by atoms with Crippen molar-refractivity contribution in [3.8, 4) is 0 Å². The van der Waals surface area contributed by atoms with Crippen molar-refractivity contribution in [1.29, 1.82) is 0 Å². The molecule has 2 aromatic heterocycles. The van der Waals surface area contributed by atoms with Gasteiger partial charge in [0.25, 0.3) is 5.91 Å². The van der Waals surface area contributed by atoms with Crippen LogP contribution in [0.1, 0.15) is 23.0 Å². The van der Waals surface area contributed by atoms with Crippen molar-refractivity contribution in [3.05, 3.63) is 23.2 Å². The Balaban J connectivity index is 1.99. The van der Waals surface area contributed by atoms with E-state index < -0.39 is 0 Å². The largest absolute Gasteiger partial charge is 0.397 e. The zero-order chi connectivity index (χ0) is 13.7. The first-order valence-electron chi connectivity index (χ1n) is 6.36. The van der Waals surface area contributed by atoms with E-state index >= 15 is 0 Å². The number of nitrogen functional groups attached to an aromatic ring is 1. The first-order valence-corrected chi connectivity index (χ1v) is 7.17. The molecule has 0 saturated heterocycles. The van der Waals surface area contributed by atoms with E-state index in [1.165, 1.54) is 11.3 Å². The molecule has 0 spiro atoms. The molecule has 2 rings (SSSR count). The van der Waals surface area contributed by atoms with Crippen LogP contribution in [0.2, 0.25) is 0 Å². The number of hydrogen-bond donors (Lipinski definition) is 3. The Hall–Kier alpha value is -1.66. The number of pyridine rings is 1. The van der Waals surface area contributed by atoms with Crippen LogP contribution in [0.15, 0.2) is 18.3 Å². The second kappa shape index (κ2) is 6.49. The lowest BCUT2D eigenvalue weighted by atomic mass is 10.2. The second-order valence-corrected chi connectivity index (χ2v) is 5.16. The fourth-order valence-corrected chi connectivity index (χ4v) is 2.77. The Morgan fingerprint density at radius 1 is 1.47 bits per heavy atom. The number of thiophene rings is 1. The summed E-state index contributed by atoms with van der Waals surface area (Å²) in [6.45, 7) is 4.56. The third-order valence-electron chi connectivity index (χ3n) is 2.78. The van der Waals surface area contributed by atoms with Gasteiger partial charge in [0.1, 0.15) is 9.71 Å². The smallest absolute Gasteiger partial charge is 0.263 e. The number of amides is 1. The second-order valence-electron chi connectivity index (χ2n) is 4.16. The molecule has 1 amide bonds. The zero-order valence-electron chi connectivity index (χ0n) is 10.9. The van der Waals surface area contributed by atoms with Gasteiger partial charge in [-0.3, -0.25) is 4.79 Å². The van der Waals surface area contributed by atoms with Crippen LogP contribution >= 0.6 is 11.3 Å². The van der Waals surface area contributed by atoms with Crippen LogP contribution in [-0.4, -0.2) is 30.5 Å². The molecular weight excluding hydrogens is 260 g/mol. The molecule has 5 nitrogen and oxygen atoms in total. The summed E-state index contributed by atoms with van der Waals surface area (Å²) in [6, 6.07) is 3.71. The summed E-state index contributed by atoms with van der Waals surface area (Å²) >= 11 is 1.34. The zero-order valence-corrected chi connectivity index (χ0v) is 11.7. The molecule has 102 valence electrons. The molecule has 0 aliphatic heterocycles. The van der Waals surface area contributed by atoms with E-state index in [-0.39, 0.29) is 5.91 Å². The average molecular weight is 278 g/mol. The van der Waals surface area contributed by atoms with E-state index in [0.717, 1.165) is 29.7 Å². The first-order chi connectivity index (χ1) is 9.24. The Morgan fingerprint density at radius 3 is 3.05 bits per heavy atom. The molecule has 0 aliphatic rings. The van der Waals surface area contributed by atoms with Gasteiger partial charge in [-0.2, -0.15) is 0 Å². The summed E-state index contributed by atoms with van der Waals surface area (Å²) in [5.74, 6) is -0.114. The van der Waals surface area contributed by atoms with Crippen molar-refractivity contribution < 1.29 is 4.79 Å². The first kappa shape index (κ1) is 13.8. The summed E-state index contributed by atoms with van der Waals surface area (Å²) in [6.07, 6.45) is 2.61. The normalized spacial score (nSPS) is 10.8. The number of aromatic nitrogens is 1. The molecule has 0 bridgehead atoms. The Kier molecular flexibility index (Phi) is 4.70. The number of anilines is 1. The van der Waals surface area contributed by atoms with E-state index in [9.17, 15) is 4.79 Å². The summed E-state index contributed by atoms with van der Waals surface area (Å²) in [5.41, 5.74) is 6.51. The predicted molar refractivity (Wildman–Crippen MR) is 79.5 cm³/mol. The number of carbonyl (C=O) groups excluding carboxylic acids is 1. The van der Waals surface area contributed by atoms with E-state index in [1.807, 2.05) is 12.1 Å². The van der Waals surface area contributed by atoms with Gasteiger partial charge in [0.15, 0.2) is 0 Å². The van der Waals surface area contributed by atoms with Crippen LogP contribution in [0, 0.1) is 0 Å². The van der Waals surface area contributed by atoms with Crippen molar-refractivity contribution in [1.82, 2.24) is 15.6 Å². The molecule has 4 N–H and O–H groups in total. The lowest BCUT2D eigenvalue weighted by Crippen LogP contribution is -2.27. The maximum absolute atomic E-state index is 12.0. The Morgan fingerprint density at radius 2 is 2.32 bits per heavy atom. The SMILES string of the molecule is CCNCCCNC(=O)c1sc2ncccc2c1N. The third-order valence-corrected chi connectivity index (χ3v) is 3.90. The molecule has 6 heteroatoms. The summed E-state index contributed by atoms with van der Waals surface area (Å²) in [7, 11) is 0. The third kappa shape index (κ3) is 3.21. The molecule has 2 aromatic rings. The van der Waals surface area contributed by atoms with Crippen molar-refractivity contribution in [2.24, 2.45) is 0 Å². The van der Waals surface area contributed by atoms with Crippen LogP contribution in [0.3, 0.4) is 0 Å². The quantitative estimate of drug-likeness (QED) is 0.701. The number of carbonyl (C=O) groups is 1. The molecule has 2 heterocycles. The molecule has 0 aliphatic carbocycles. The monoisotopic (exact) mass is 278 g/mol. The number of nitrogens with one attached hydrogen (secondary N) is 2. The van der Waals surface area contributed by atoms with Crippen molar-refractivity contribution >= 4 is 33.1 Å². The average Bonchev–Trinajstić information content (AvgIpc) is 2.76. The minimum absolute atomic E-state index is 0.114. The number of nitrogens with two attached hydrogens (primary N) is 1. The summed E-state index contributed by atoms with van der Waals surface area (Å²) < 4.78 is 0. The number of fused-ring (bicyclic) bond motifs is 1. The van der Waals surface area contributed by atoms with Gasteiger partial charge in [-0.25, -0.2) is 4.98 Å². The van der Waals surface area contributed by atoms with Gasteiger partial charge < -0.3 is 16.4 Å². The van der Waals surface area contributed by atoms with Crippen LogP contribution in [0.25, 0.3) is 10.2 Å². The van der Waals surface area contributed by atoms with Crippen molar-refractivity contribution in [2.45, 2.75) is 13.3 Å². The standard InChI is InChI=1S/C13H18N4OS/c1-2-15-6-4-8-16-12(18)11-10(14)9-5-3-7-17-13(9)19-11/h3,5,7,15H,2,4,6,8,14H2,1H3,(H,16,18). The lowest BCUT2D eigenvalue weighted by molar-refractivity contribution is 0.0958. The number of hydrogen-bond acceptors (Lipinski definition) is 5. The van der Waals surface area contributed by atoms with Crippen molar-refractivity contribution in [2.75, 3.05) is 25.4 Å². The summed E-state index contributed by atoms with van der Waals surface area (Å²) in [5, 5.41) is 6.95. The maximum atomic E-state index is 12.0. The maximum Gasteiger partial charge on any atom is 0.263 e. The minimum atomic E-state index is -0.114. The topological polar surface area (TPSA) is 80.0 Å². The van der Waals surface area contributed by atoms with E-state index in [0.29, 0.717) is 17.1 Å². The highest BCUT2D eigenvalue weighted by Gasteiger charge is 2.16. The van der Waals surface area contributed by atoms with E-state index in [4.69, 9.17) is 5.73 Å². The number of nitrogens with zero attached hydrogens (tertiary/aromatic N) is 1. The fourth-order valence-electron chi connectivity index (χ4n) is 1.79. The van der Waals surface area contributed by atoms with Crippen LogP contribution in [-0.2, 0) is 0 Å². The van der Waals surface area contributed by atoms with Gasteiger partial charge in [-0.1, -0.05) is 6.92 Å². The predicted octanol–water partition coefficient (Wildman–Crippen LogP) is 1.61. The van der Waals surface area contributed by atoms with Gasteiger partial charge in [-0.15, -0.1) is 11.3 Å². The van der Waals surface area contributed by atoms with Crippen LogP contribution in [0.5, 0.6) is 0 Å². The summed E-state index contributed by atoms with van der Waals surface area (Å²) in [4.78, 5) is 17.6. The molecule has 19 heavy (non-hydrogen) atoms. The molecule has 0 fully saturated rings. The van der Waals surface area contributed by atoms with Gasteiger partial charge in [-0.05, 0) is 31.6 Å². The van der Waals surface area contributed by atoms with Crippen molar-refractivity contribution in [3.63, 3.8) is 0 Å². The molecule has 0 atom stereocenters. The highest BCUT2D eigenvalue weighted by Crippen LogP contribution is 2.31. The highest BCUT2D eigenvalue weighted by molar-refractivity contribution is 7.21. The minimum Gasteiger partial charge on any atom is -0.397 e. The lowest BCUT2D eigenvalue weighted by Gasteiger charge is -2.04. The molecule has 0 unspecified atom stereocenters. The van der Waals surface area contributed by atoms with Gasteiger partial charge in [0.2, 0.25) is 0 Å². The van der Waals surface area contributed by atoms with Gasteiger partial charge in [0.05, 0.1) is 5.69 Å². The molecular formula is C13H18N4OS. The fraction of sp³-hybridized carbons (Fsp3) is 0.385. The Bertz CT molecular complexity index is 567. The van der Waals surface area contributed by atoms with Crippen LogP contribution in [0.4, 0.5) is 5.69 Å². The molecule has 0 aromatic carbocycles. The molecule has 0 saturated carbocycles. The number of rotatable bonds is 6. The van der Waals surface area contributed by atoms with Crippen LogP contribution < -0.4 is 16.4 Å². The van der Waals surface area contributed by atoms with Gasteiger partial charge >= 0.3 is 0 Å². The Labute approximate surface area is 116 Å². The molecule has 0 radical (unpaired) electrons. The van der Waals surface area contributed by atoms with Gasteiger partial charge in [0, 0.05) is 18.1 Å². The van der Waals surface area contributed by atoms with E-state index in [1.54, 1.807) is 6.20 Å². The van der Waals surface area contributed by atoms with E-state index in [2.05, 4.69) is 22.5 Å².